The van der Waals surface area contributed by atoms with Crippen LogP contribution in [0, 0.1) is 0 Å². The first-order chi connectivity index (χ1) is 13.7. The molecule has 0 atom stereocenters. The van der Waals surface area contributed by atoms with Crippen molar-refractivity contribution in [1.29, 1.82) is 0 Å². The zero-order chi connectivity index (χ0) is 21.4. The lowest BCUT2D eigenvalue weighted by molar-refractivity contribution is 0.0952. The van der Waals surface area contributed by atoms with Gasteiger partial charge in [0, 0.05) is 12.1 Å². The van der Waals surface area contributed by atoms with E-state index in [1.54, 1.807) is 36.4 Å². The molecule has 29 heavy (non-hydrogen) atoms. The fourth-order valence-electron chi connectivity index (χ4n) is 2.71. The van der Waals surface area contributed by atoms with Crippen LogP contribution in [0.15, 0.2) is 48.5 Å². The second-order valence-corrected chi connectivity index (χ2v) is 8.30. The van der Waals surface area contributed by atoms with Gasteiger partial charge in [-0.3, -0.25) is 14.9 Å². The van der Waals surface area contributed by atoms with Gasteiger partial charge in [-0.05, 0) is 53.9 Å². The predicted octanol–water partition coefficient (Wildman–Crippen LogP) is 4.64. The normalized spacial score (nSPS) is 10.9. The Morgan fingerprint density at radius 1 is 0.966 bits per heavy atom. The summed E-state index contributed by atoms with van der Waals surface area (Å²) in [5, 5.41) is 8.66. The molecule has 2 amide bonds. The van der Waals surface area contributed by atoms with Crippen LogP contribution in [0.2, 0.25) is 0 Å². The third-order valence-corrected chi connectivity index (χ3v) is 4.68. The largest absolute Gasteiger partial charge is 0.352 e. The van der Waals surface area contributed by atoms with E-state index >= 15 is 0 Å². The van der Waals surface area contributed by atoms with Gasteiger partial charge >= 0.3 is 0 Å². The molecule has 2 aromatic rings. The zero-order valence-corrected chi connectivity index (χ0v) is 18.3. The molecule has 0 bridgehead atoms. The van der Waals surface area contributed by atoms with Crippen molar-refractivity contribution in [2.45, 2.75) is 46.0 Å². The molecule has 0 radical (unpaired) electrons. The van der Waals surface area contributed by atoms with Gasteiger partial charge in [0.25, 0.3) is 11.8 Å². The van der Waals surface area contributed by atoms with Gasteiger partial charge in [0.05, 0.1) is 11.3 Å². The molecular weight excluding hydrogens is 382 g/mol. The van der Waals surface area contributed by atoms with E-state index in [0.29, 0.717) is 23.4 Å². The summed E-state index contributed by atoms with van der Waals surface area (Å²) in [6.45, 7) is 9.06. The summed E-state index contributed by atoms with van der Waals surface area (Å²) in [6, 6.07) is 14.5. The number of carbonyl (C=O) groups is 2. The Hall–Kier alpha value is -2.73. The molecule has 154 valence electrons. The first-order valence-corrected chi connectivity index (χ1v) is 10.2. The first kappa shape index (κ1) is 22.6. The molecule has 3 N–H and O–H groups in total. The number of amides is 2. The van der Waals surface area contributed by atoms with Crippen LogP contribution in [0.1, 0.15) is 66.8 Å². The van der Waals surface area contributed by atoms with Crippen LogP contribution in [0.3, 0.4) is 0 Å². The van der Waals surface area contributed by atoms with E-state index in [4.69, 9.17) is 12.2 Å². The third kappa shape index (κ3) is 6.68. The van der Waals surface area contributed by atoms with Gasteiger partial charge in [-0.25, -0.2) is 0 Å². The molecule has 0 aliphatic heterocycles. The summed E-state index contributed by atoms with van der Waals surface area (Å²) in [7, 11) is 0. The topological polar surface area (TPSA) is 70.2 Å². The maximum atomic E-state index is 12.5. The fraction of sp³-hybridized carbons (Fsp3) is 0.348. The second kappa shape index (κ2) is 10.2. The molecule has 0 heterocycles. The average Bonchev–Trinajstić information content (AvgIpc) is 2.67. The van der Waals surface area contributed by atoms with Crippen molar-refractivity contribution >= 4 is 34.8 Å². The Morgan fingerprint density at radius 2 is 1.62 bits per heavy atom. The van der Waals surface area contributed by atoms with Crippen molar-refractivity contribution < 1.29 is 9.59 Å². The van der Waals surface area contributed by atoms with Crippen LogP contribution in [0.5, 0.6) is 0 Å². The van der Waals surface area contributed by atoms with Crippen molar-refractivity contribution in [1.82, 2.24) is 10.6 Å². The molecule has 0 unspecified atom stereocenters. The minimum atomic E-state index is -0.298. The van der Waals surface area contributed by atoms with Crippen molar-refractivity contribution in [3.05, 3.63) is 65.2 Å². The van der Waals surface area contributed by atoms with Crippen LogP contribution in [-0.2, 0) is 5.41 Å². The molecule has 0 fully saturated rings. The molecule has 0 aromatic heterocycles. The van der Waals surface area contributed by atoms with Gasteiger partial charge < -0.3 is 10.6 Å². The lowest BCUT2D eigenvalue weighted by atomic mass is 9.87. The van der Waals surface area contributed by atoms with Crippen LogP contribution in [-0.4, -0.2) is 23.5 Å². The third-order valence-electron chi connectivity index (χ3n) is 4.48. The molecule has 0 aliphatic rings. The predicted molar refractivity (Wildman–Crippen MR) is 123 cm³/mol. The van der Waals surface area contributed by atoms with Crippen LogP contribution in [0.4, 0.5) is 5.69 Å². The summed E-state index contributed by atoms with van der Waals surface area (Å²) in [4.78, 5) is 24.9. The van der Waals surface area contributed by atoms with Crippen molar-refractivity contribution in [2.24, 2.45) is 0 Å². The van der Waals surface area contributed by atoms with Crippen LogP contribution in [0.25, 0.3) is 0 Å². The fourth-order valence-corrected chi connectivity index (χ4v) is 2.92. The van der Waals surface area contributed by atoms with E-state index in [0.717, 1.165) is 18.4 Å². The van der Waals surface area contributed by atoms with Crippen LogP contribution >= 0.6 is 12.2 Å². The summed E-state index contributed by atoms with van der Waals surface area (Å²) >= 11 is 5.27. The summed E-state index contributed by atoms with van der Waals surface area (Å²) in [5.74, 6) is -0.471. The van der Waals surface area contributed by atoms with Crippen molar-refractivity contribution in [3.8, 4) is 0 Å². The van der Waals surface area contributed by atoms with E-state index in [-0.39, 0.29) is 22.3 Å². The molecule has 2 rings (SSSR count). The zero-order valence-electron chi connectivity index (χ0n) is 17.5. The molecular formula is C23H29N3O2S. The van der Waals surface area contributed by atoms with E-state index in [1.165, 1.54) is 0 Å². The molecule has 2 aromatic carbocycles. The highest BCUT2D eigenvalue weighted by Crippen LogP contribution is 2.22. The minimum Gasteiger partial charge on any atom is -0.352 e. The Balaban J connectivity index is 2.02. The standard InChI is InChI=1S/C23H29N3O2S/c1-5-6-15-24-21(28)18-9-7-8-10-19(18)25-22(29)26-20(27)16-11-13-17(14-12-16)23(2,3)4/h7-14H,5-6,15H2,1-4H3,(H,24,28)(H2,25,26,27,29). The molecule has 0 spiro atoms. The minimum absolute atomic E-state index is 0.0211. The van der Waals surface area contributed by atoms with Gasteiger partial charge in [-0.2, -0.15) is 0 Å². The number of hydrogen-bond donors (Lipinski definition) is 3. The number of anilines is 1. The van der Waals surface area contributed by atoms with Crippen molar-refractivity contribution in [3.63, 3.8) is 0 Å². The summed E-state index contributed by atoms with van der Waals surface area (Å²) < 4.78 is 0. The highest BCUT2D eigenvalue weighted by atomic mass is 32.1. The van der Waals surface area contributed by atoms with E-state index in [1.807, 2.05) is 12.1 Å². The average molecular weight is 412 g/mol. The van der Waals surface area contributed by atoms with Gasteiger partial charge in [-0.15, -0.1) is 0 Å². The Kier molecular flexibility index (Phi) is 7.91. The number of para-hydroxylation sites is 1. The number of carbonyl (C=O) groups excluding carboxylic acids is 2. The molecule has 6 heteroatoms. The Labute approximate surface area is 178 Å². The highest BCUT2D eigenvalue weighted by molar-refractivity contribution is 7.80. The van der Waals surface area contributed by atoms with Gasteiger partial charge in [0.15, 0.2) is 5.11 Å². The van der Waals surface area contributed by atoms with Gasteiger partial charge in [-0.1, -0.05) is 58.4 Å². The maximum absolute atomic E-state index is 12.5. The Bertz CT molecular complexity index is 870. The summed E-state index contributed by atoms with van der Waals surface area (Å²) in [5.41, 5.74) is 2.72. The maximum Gasteiger partial charge on any atom is 0.257 e. The van der Waals surface area contributed by atoms with Crippen LogP contribution < -0.4 is 16.0 Å². The number of nitrogens with one attached hydrogen (secondary N) is 3. The number of thiocarbonyl (C=S) groups is 1. The Morgan fingerprint density at radius 3 is 2.24 bits per heavy atom. The molecule has 0 aliphatic carbocycles. The molecule has 0 saturated carbocycles. The monoisotopic (exact) mass is 411 g/mol. The van der Waals surface area contributed by atoms with Gasteiger partial charge in [0.1, 0.15) is 0 Å². The first-order valence-electron chi connectivity index (χ1n) is 9.82. The summed E-state index contributed by atoms with van der Waals surface area (Å²) in [6.07, 6.45) is 1.93. The number of unbranched alkanes of at least 4 members (excludes halogenated alkanes) is 1. The van der Waals surface area contributed by atoms with E-state index in [2.05, 4.69) is 43.6 Å². The number of benzene rings is 2. The molecule has 5 nitrogen and oxygen atoms in total. The SMILES string of the molecule is CCCCNC(=O)c1ccccc1NC(=S)NC(=O)c1ccc(C(C)(C)C)cc1. The lowest BCUT2D eigenvalue weighted by Crippen LogP contribution is -2.35. The quantitative estimate of drug-likeness (QED) is 0.478. The molecule has 0 saturated heterocycles. The number of hydrogen-bond acceptors (Lipinski definition) is 3. The smallest absolute Gasteiger partial charge is 0.257 e. The lowest BCUT2D eigenvalue weighted by Gasteiger charge is -2.19. The highest BCUT2D eigenvalue weighted by Gasteiger charge is 2.16. The van der Waals surface area contributed by atoms with Crippen molar-refractivity contribution in [2.75, 3.05) is 11.9 Å². The second-order valence-electron chi connectivity index (χ2n) is 7.89. The van der Waals surface area contributed by atoms with E-state index in [9.17, 15) is 9.59 Å². The number of rotatable bonds is 6. The van der Waals surface area contributed by atoms with Gasteiger partial charge in [0.2, 0.25) is 0 Å². The van der Waals surface area contributed by atoms with E-state index < -0.39 is 0 Å².